The van der Waals surface area contributed by atoms with E-state index in [9.17, 15) is 13.2 Å². The molecule has 1 aliphatic rings. The van der Waals surface area contributed by atoms with E-state index in [-0.39, 0.29) is 10.5 Å². The predicted octanol–water partition coefficient (Wildman–Crippen LogP) is 1.42. The Morgan fingerprint density at radius 3 is 2.52 bits per heavy atom. The van der Waals surface area contributed by atoms with Crippen LogP contribution in [-0.4, -0.2) is 40.6 Å². The number of hydrogen-bond acceptors (Lipinski definition) is 5. The van der Waals surface area contributed by atoms with Gasteiger partial charge >= 0.3 is 0 Å². The van der Waals surface area contributed by atoms with Gasteiger partial charge in [-0.25, -0.2) is 13.6 Å². The van der Waals surface area contributed by atoms with Crippen molar-refractivity contribution in [2.24, 2.45) is 5.14 Å². The molecule has 0 aromatic heterocycles. The van der Waals surface area contributed by atoms with Crippen molar-refractivity contribution in [2.75, 3.05) is 36.5 Å². The Kier molecular flexibility index (Phi) is 5.03. The summed E-state index contributed by atoms with van der Waals surface area (Å²) >= 11 is 0. The average Bonchev–Trinajstić information content (AvgIpc) is 2.62. The Labute approximate surface area is 146 Å². The van der Waals surface area contributed by atoms with Crippen molar-refractivity contribution >= 4 is 27.3 Å². The number of carbonyl (C=O) groups is 1. The number of hydrogen-bond donors (Lipinski definition) is 2. The molecule has 2 aromatic rings. The highest BCUT2D eigenvalue weighted by atomic mass is 32.2. The maximum atomic E-state index is 12.5. The minimum atomic E-state index is -3.86. The van der Waals surface area contributed by atoms with Crippen molar-refractivity contribution in [3.8, 4) is 0 Å². The molecule has 0 atom stereocenters. The molecule has 0 spiro atoms. The number of rotatable bonds is 4. The third-order valence-electron chi connectivity index (χ3n) is 3.93. The summed E-state index contributed by atoms with van der Waals surface area (Å²) in [4.78, 5) is 14.6. The Hall–Kier alpha value is -2.42. The normalized spacial score (nSPS) is 15.0. The largest absolute Gasteiger partial charge is 0.378 e. The Morgan fingerprint density at radius 1 is 1.08 bits per heavy atom. The van der Waals surface area contributed by atoms with E-state index in [0.29, 0.717) is 18.9 Å². The van der Waals surface area contributed by atoms with E-state index in [1.54, 1.807) is 6.07 Å². The summed E-state index contributed by atoms with van der Waals surface area (Å²) in [6, 6.07) is 13.1. The SMILES string of the molecule is NS(=O)(=O)c1cccc(C(=O)Nc2ccccc2N2CCOCC2)c1. The number of morpholine rings is 1. The van der Waals surface area contributed by atoms with E-state index in [1.807, 2.05) is 24.3 Å². The fourth-order valence-corrected chi connectivity index (χ4v) is 3.23. The van der Waals surface area contributed by atoms with Crippen LogP contribution < -0.4 is 15.4 Å². The Bertz CT molecular complexity index is 877. The van der Waals surface area contributed by atoms with Crippen LogP contribution in [0.2, 0.25) is 0 Å². The van der Waals surface area contributed by atoms with Crippen molar-refractivity contribution in [1.29, 1.82) is 0 Å². The fraction of sp³-hybridized carbons (Fsp3) is 0.235. The van der Waals surface area contributed by atoms with E-state index >= 15 is 0 Å². The second-order valence-corrected chi connectivity index (χ2v) is 7.20. The van der Waals surface area contributed by atoms with E-state index in [1.165, 1.54) is 18.2 Å². The van der Waals surface area contributed by atoms with E-state index in [4.69, 9.17) is 9.88 Å². The van der Waals surface area contributed by atoms with E-state index in [2.05, 4.69) is 10.2 Å². The Morgan fingerprint density at radius 2 is 1.80 bits per heavy atom. The molecule has 0 radical (unpaired) electrons. The van der Waals surface area contributed by atoms with Crippen LogP contribution in [-0.2, 0) is 14.8 Å². The highest BCUT2D eigenvalue weighted by molar-refractivity contribution is 7.89. The van der Waals surface area contributed by atoms with E-state index in [0.717, 1.165) is 18.8 Å². The number of para-hydroxylation sites is 2. The smallest absolute Gasteiger partial charge is 0.255 e. The molecular weight excluding hydrogens is 342 g/mol. The first kappa shape index (κ1) is 17.4. The van der Waals surface area contributed by atoms with Crippen LogP contribution in [0.25, 0.3) is 0 Å². The molecule has 1 saturated heterocycles. The third kappa shape index (κ3) is 4.16. The number of nitrogens with two attached hydrogens (primary N) is 1. The van der Waals surface area contributed by atoms with Crippen molar-refractivity contribution in [3.63, 3.8) is 0 Å². The molecule has 0 unspecified atom stereocenters. The van der Waals surface area contributed by atoms with Crippen LogP contribution in [0.4, 0.5) is 11.4 Å². The number of amides is 1. The average molecular weight is 361 g/mol. The first-order chi connectivity index (χ1) is 11.9. The van der Waals surface area contributed by atoms with Crippen LogP contribution in [0.15, 0.2) is 53.4 Å². The molecule has 1 amide bonds. The second kappa shape index (κ2) is 7.22. The standard InChI is InChI=1S/C17H19N3O4S/c18-25(22,23)14-5-3-4-13(12-14)17(21)19-15-6-1-2-7-16(15)20-8-10-24-11-9-20/h1-7,12H,8-11H2,(H,19,21)(H2,18,22,23). The summed E-state index contributed by atoms with van der Waals surface area (Å²) in [5.74, 6) is -0.397. The summed E-state index contributed by atoms with van der Waals surface area (Å²) in [6.45, 7) is 2.76. The molecule has 132 valence electrons. The molecule has 0 saturated carbocycles. The minimum Gasteiger partial charge on any atom is -0.378 e. The summed E-state index contributed by atoms with van der Waals surface area (Å²) in [7, 11) is -3.86. The van der Waals surface area contributed by atoms with Crippen LogP contribution >= 0.6 is 0 Å². The zero-order chi connectivity index (χ0) is 17.9. The van der Waals surface area contributed by atoms with Gasteiger partial charge in [0, 0.05) is 18.7 Å². The third-order valence-corrected chi connectivity index (χ3v) is 4.84. The molecule has 1 heterocycles. The van der Waals surface area contributed by atoms with Crippen LogP contribution in [0.1, 0.15) is 10.4 Å². The van der Waals surface area contributed by atoms with E-state index < -0.39 is 15.9 Å². The summed E-state index contributed by atoms with van der Waals surface area (Å²) < 4.78 is 28.3. The molecule has 1 fully saturated rings. The molecule has 2 aromatic carbocycles. The molecule has 3 rings (SSSR count). The lowest BCUT2D eigenvalue weighted by atomic mass is 10.2. The molecule has 3 N–H and O–H groups in total. The van der Waals surface area contributed by atoms with Crippen molar-refractivity contribution in [3.05, 3.63) is 54.1 Å². The van der Waals surface area contributed by atoms with Gasteiger partial charge in [0.15, 0.2) is 0 Å². The van der Waals surface area contributed by atoms with Gasteiger partial charge in [-0.3, -0.25) is 4.79 Å². The van der Waals surface area contributed by atoms with Gasteiger partial charge in [-0.15, -0.1) is 0 Å². The van der Waals surface area contributed by atoms with Gasteiger partial charge in [-0.1, -0.05) is 18.2 Å². The zero-order valence-electron chi connectivity index (χ0n) is 13.5. The number of nitrogens with zero attached hydrogens (tertiary/aromatic N) is 1. The molecule has 0 bridgehead atoms. The quantitative estimate of drug-likeness (QED) is 0.858. The van der Waals surface area contributed by atoms with Crippen LogP contribution in [0, 0.1) is 0 Å². The number of primary sulfonamides is 1. The fourth-order valence-electron chi connectivity index (χ4n) is 2.67. The first-order valence-electron chi connectivity index (χ1n) is 7.81. The van der Waals surface area contributed by atoms with Crippen molar-refractivity contribution in [2.45, 2.75) is 4.90 Å². The lowest BCUT2D eigenvalue weighted by Crippen LogP contribution is -2.36. The number of carbonyl (C=O) groups excluding carboxylic acids is 1. The van der Waals surface area contributed by atoms with Crippen molar-refractivity contribution in [1.82, 2.24) is 0 Å². The summed E-state index contributed by atoms with van der Waals surface area (Å²) in [6.07, 6.45) is 0. The van der Waals surface area contributed by atoms with Gasteiger partial charge < -0.3 is 15.0 Å². The number of nitrogens with one attached hydrogen (secondary N) is 1. The van der Waals surface area contributed by atoms with Gasteiger partial charge in [-0.2, -0.15) is 0 Å². The maximum Gasteiger partial charge on any atom is 0.255 e. The predicted molar refractivity (Wildman–Crippen MR) is 95.2 cm³/mol. The van der Waals surface area contributed by atoms with Crippen LogP contribution in [0.5, 0.6) is 0 Å². The van der Waals surface area contributed by atoms with Gasteiger partial charge in [0.1, 0.15) is 0 Å². The van der Waals surface area contributed by atoms with Gasteiger partial charge in [-0.05, 0) is 30.3 Å². The number of anilines is 2. The first-order valence-corrected chi connectivity index (χ1v) is 9.36. The molecule has 25 heavy (non-hydrogen) atoms. The monoisotopic (exact) mass is 361 g/mol. The Balaban J connectivity index is 1.84. The summed E-state index contributed by atoms with van der Waals surface area (Å²) in [5, 5.41) is 7.97. The molecule has 0 aliphatic carbocycles. The van der Waals surface area contributed by atoms with Crippen LogP contribution in [0.3, 0.4) is 0 Å². The number of benzene rings is 2. The maximum absolute atomic E-state index is 12.5. The topological polar surface area (TPSA) is 102 Å². The van der Waals surface area contributed by atoms with Gasteiger partial charge in [0.05, 0.1) is 29.5 Å². The number of ether oxygens (including phenoxy) is 1. The van der Waals surface area contributed by atoms with Crippen molar-refractivity contribution < 1.29 is 17.9 Å². The van der Waals surface area contributed by atoms with Gasteiger partial charge in [0.2, 0.25) is 10.0 Å². The summed E-state index contributed by atoms with van der Waals surface area (Å²) in [5.41, 5.74) is 1.79. The second-order valence-electron chi connectivity index (χ2n) is 5.64. The highest BCUT2D eigenvalue weighted by Gasteiger charge is 2.17. The molecule has 7 nitrogen and oxygen atoms in total. The molecule has 1 aliphatic heterocycles. The lowest BCUT2D eigenvalue weighted by molar-refractivity contribution is 0.102. The zero-order valence-corrected chi connectivity index (χ0v) is 14.3. The molecule has 8 heteroatoms. The molecular formula is C17H19N3O4S. The number of sulfonamides is 1. The minimum absolute atomic E-state index is 0.0957. The highest BCUT2D eigenvalue weighted by Crippen LogP contribution is 2.27. The lowest BCUT2D eigenvalue weighted by Gasteiger charge is -2.30. The van der Waals surface area contributed by atoms with Gasteiger partial charge in [0.25, 0.3) is 5.91 Å².